The topological polar surface area (TPSA) is 56.6 Å². The summed E-state index contributed by atoms with van der Waals surface area (Å²) in [7, 11) is 0. The molecule has 2 N–H and O–H groups in total. The van der Waals surface area contributed by atoms with Crippen LogP contribution in [0.2, 0.25) is 0 Å². The molecule has 0 saturated heterocycles. The fourth-order valence-electron chi connectivity index (χ4n) is 1.42. The zero-order valence-electron chi connectivity index (χ0n) is 8.63. The van der Waals surface area contributed by atoms with Gasteiger partial charge in [0.1, 0.15) is 0 Å². The van der Waals surface area contributed by atoms with Gasteiger partial charge in [0, 0.05) is 24.8 Å². The summed E-state index contributed by atoms with van der Waals surface area (Å²) in [5, 5.41) is 18.1. The summed E-state index contributed by atoms with van der Waals surface area (Å²) in [5.74, 6) is 0. The second kappa shape index (κ2) is 6.16. The number of aliphatic hydroxyl groups excluding tert-OH is 2. The molecule has 0 aliphatic heterocycles. The minimum absolute atomic E-state index is 0.0308. The third-order valence-corrected chi connectivity index (χ3v) is 2.12. The van der Waals surface area contributed by atoms with Crippen LogP contribution < -0.4 is 4.90 Å². The molecule has 0 radical (unpaired) electrons. The summed E-state index contributed by atoms with van der Waals surface area (Å²) in [6, 6.07) is 1.77. The Bertz CT molecular complexity index is 315. The Kier molecular flexibility index (Phi) is 4.80. The van der Waals surface area contributed by atoms with Crippen molar-refractivity contribution in [3.63, 3.8) is 0 Å². The van der Waals surface area contributed by atoms with Crippen LogP contribution in [0.5, 0.6) is 0 Å². The predicted octanol–water partition coefficient (Wildman–Crippen LogP) is 0.559. The summed E-state index contributed by atoms with van der Waals surface area (Å²) < 4.78 is 0. The molecule has 1 heterocycles. The smallest absolute Gasteiger partial charge is 0.0703 e. The quantitative estimate of drug-likeness (QED) is 0.671. The summed E-state index contributed by atoms with van der Waals surface area (Å²) in [6.07, 6.45) is 5.08. The summed E-state index contributed by atoms with van der Waals surface area (Å²) in [5.41, 5.74) is 1.65. The van der Waals surface area contributed by atoms with Crippen LogP contribution in [0.15, 0.2) is 31.1 Å². The van der Waals surface area contributed by atoms with E-state index < -0.39 is 0 Å². The van der Waals surface area contributed by atoms with Crippen molar-refractivity contribution in [3.8, 4) is 0 Å². The van der Waals surface area contributed by atoms with E-state index in [0.29, 0.717) is 13.1 Å². The van der Waals surface area contributed by atoms with Gasteiger partial charge < -0.3 is 15.1 Å². The maximum absolute atomic E-state index is 9.16. The fourth-order valence-corrected chi connectivity index (χ4v) is 1.42. The monoisotopic (exact) mass is 208 g/mol. The summed E-state index contributed by atoms with van der Waals surface area (Å²) >= 11 is 0. The van der Waals surface area contributed by atoms with Crippen LogP contribution in [0.4, 0.5) is 5.69 Å². The lowest BCUT2D eigenvalue weighted by molar-refractivity contribution is 0.280. The Morgan fingerprint density at radius 3 is 2.87 bits per heavy atom. The first-order chi connectivity index (χ1) is 7.33. The Hall–Kier alpha value is -1.39. The number of hydrogen-bond donors (Lipinski definition) is 2. The van der Waals surface area contributed by atoms with E-state index >= 15 is 0 Å². The summed E-state index contributed by atoms with van der Waals surface area (Å²) in [4.78, 5) is 5.93. The first-order valence-electron chi connectivity index (χ1n) is 4.84. The van der Waals surface area contributed by atoms with Gasteiger partial charge in [0.15, 0.2) is 0 Å². The standard InChI is InChI=1S/C11H16N2O2/c1-2-5-13(6-7-14)11-8-12-4-3-10(11)9-15/h2-4,8,14-15H,1,5-7,9H2. The van der Waals surface area contributed by atoms with E-state index in [4.69, 9.17) is 10.2 Å². The molecule has 0 aliphatic carbocycles. The van der Waals surface area contributed by atoms with Crippen LogP contribution in [0.25, 0.3) is 0 Å². The molecule has 1 aromatic heterocycles. The van der Waals surface area contributed by atoms with Crippen molar-refractivity contribution >= 4 is 5.69 Å². The van der Waals surface area contributed by atoms with Crippen molar-refractivity contribution in [2.75, 3.05) is 24.6 Å². The molecule has 0 fully saturated rings. The van der Waals surface area contributed by atoms with Crippen molar-refractivity contribution < 1.29 is 10.2 Å². The highest BCUT2D eigenvalue weighted by molar-refractivity contribution is 5.51. The molecule has 0 aromatic carbocycles. The summed E-state index contributed by atoms with van der Waals surface area (Å²) in [6.45, 7) is 4.82. The molecule has 0 unspecified atom stereocenters. The van der Waals surface area contributed by atoms with Crippen LogP contribution in [0.1, 0.15) is 5.56 Å². The van der Waals surface area contributed by atoms with Gasteiger partial charge in [-0.3, -0.25) is 4.98 Å². The molecule has 0 aliphatic rings. The van der Waals surface area contributed by atoms with Gasteiger partial charge in [0.05, 0.1) is 25.1 Å². The fraction of sp³-hybridized carbons (Fsp3) is 0.364. The minimum atomic E-state index is -0.0308. The number of aromatic nitrogens is 1. The van der Waals surface area contributed by atoms with Crippen molar-refractivity contribution in [2.24, 2.45) is 0 Å². The van der Waals surface area contributed by atoms with E-state index in [2.05, 4.69) is 11.6 Å². The lowest BCUT2D eigenvalue weighted by atomic mass is 10.2. The van der Waals surface area contributed by atoms with Crippen molar-refractivity contribution in [1.82, 2.24) is 4.98 Å². The van der Waals surface area contributed by atoms with Crippen LogP contribution in [-0.4, -0.2) is 34.9 Å². The van der Waals surface area contributed by atoms with E-state index in [1.165, 1.54) is 0 Å². The van der Waals surface area contributed by atoms with Gasteiger partial charge in [-0.2, -0.15) is 0 Å². The number of hydrogen-bond acceptors (Lipinski definition) is 4. The lowest BCUT2D eigenvalue weighted by Gasteiger charge is -2.23. The molecule has 82 valence electrons. The predicted molar refractivity (Wildman–Crippen MR) is 59.7 cm³/mol. The van der Waals surface area contributed by atoms with Crippen LogP contribution in [0, 0.1) is 0 Å². The first kappa shape index (κ1) is 11.7. The highest BCUT2D eigenvalue weighted by atomic mass is 16.3. The van der Waals surface area contributed by atoms with E-state index in [1.807, 2.05) is 4.90 Å². The average Bonchev–Trinajstić information content (AvgIpc) is 2.29. The molecule has 15 heavy (non-hydrogen) atoms. The molecule has 0 spiro atoms. The molecule has 1 rings (SSSR count). The molecule has 0 atom stereocenters. The van der Waals surface area contributed by atoms with Crippen molar-refractivity contribution in [1.29, 1.82) is 0 Å². The van der Waals surface area contributed by atoms with Gasteiger partial charge in [-0.25, -0.2) is 0 Å². The minimum Gasteiger partial charge on any atom is -0.395 e. The van der Waals surface area contributed by atoms with Gasteiger partial charge >= 0.3 is 0 Å². The number of anilines is 1. The average molecular weight is 208 g/mol. The zero-order valence-corrected chi connectivity index (χ0v) is 8.63. The van der Waals surface area contributed by atoms with Crippen LogP contribution >= 0.6 is 0 Å². The van der Waals surface area contributed by atoms with Gasteiger partial charge in [0.2, 0.25) is 0 Å². The third-order valence-electron chi connectivity index (χ3n) is 2.12. The lowest BCUT2D eigenvalue weighted by Crippen LogP contribution is -2.27. The normalized spacial score (nSPS) is 10.0. The van der Waals surface area contributed by atoms with E-state index in [9.17, 15) is 0 Å². The molecular formula is C11H16N2O2. The zero-order chi connectivity index (χ0) is 11.1. The third kappa shape index (κ3) is 3.04. The maximum Gasteiger partial charge on any atom is 0.0703 e. The molecule has 4 heteroatoms. The second-order valence-electron chi connectivity index (χ2n) is 3.12. The van der Waals surface area contributed by atoms with Crippen molar-refractivity contribution in [3.05, 3.63) is 36.7 Å². The van der Waals surface area contributed by atoms with E-state index in [0.717, 1.165) is 11.3 Å². The number of pyridine rings is 1. The molecule has 0 bridgehead atoms. The SMILES string of the molecule is C=CCN(CCO)c1cnccc1CO. The Balaban J connectivity index is 2.92. The van der Waals surface area contributed by atoms with Crippen LogP contribution in [0.3, 0.4) is 0 Å². The Morgan fingerprint density at radius 1 is 1.47 bits per heavy atom. The van der Waals surface area contributed by atoms with Gasteiger partial charge in [-0.1, -0.05) is 6.08 Å². The van der Waals surface area contributed by atoms with Crippen molar-refractivity contribution in [2.45, 2.75) is 6.61 Å². The molecular weight excluding hydrogens is 192 g/mol. The maximum atomic E-state index is 9.16. The Labute approximate surface area is 89.5 Å². The largest absolute Gasteiger partial charge is 0.395 e. The highest BCUT2D eigenvalue weighted by Crippen LogP contribution is 2.18. The van der Waals surface area contributed by atoms with Gasteiger partial charge in [-0.05, 0) is 6.07 Å². The number of nitrogens with zero attached hydrogens (tertiary/aromatic N) is 2. The van der Waals surface area contributed by atoms with E-state index in [-0.39, 0.29) is 13.2 Å². The van der Waals surface area contributed by atoms with Gasteiger partial charge in [0.25, 0.3) is 0 Å². The number of rotatable bonds is 6. The molecule has 0 saturated carbocycles. The van der Waals surface area contributed by atoms with E-state index in [1.54, 1.807) is 24.5 Å². The van der Waals surface area contributed by atoms with Gasteiger partial charge in [-0.15, -0.1) is 6.58 Å². The van der Waals surface area contributed by atoms with Crippen LogP contribution in [-0.2, 0) is 6.61 Å². The Morgan fingerprint density at radius 2 is 2.27 bits per heavy atom. The second-order valence-corrected chi connectivity index (χ2v) is 3.12. The highest BCUT2D eigenvalue weighted by Gasteiger charge is 2.08. The number of aliphatic hydroxyl groups is 2. The molecule has 4 nitrogen and oxygen atoms in total. The molecule has 0 amide bonds. The first-order valence-corrected chi connectivity index (χ1v) is 4.84. The molecule has 1 aromatic rings.